The van der Waals surface area contributed by atoms with Crippen LogP contribution in [0.2, 0.25) is 0 Å². The fourth-order valence-corrected chi connectivity index (χ4v) is 3.26. The maximum absolute atomic E-state index is 13.2. The van der Waals surface area contributed by atoms with Gasteiger partial charge in [0.15, 0.2) is 5.78 Å². The van der Waals surface area contributed by atoms with E-state index >= 15 is 0 Å². The highest BCUT2D eigenvalue weighted by atomic mass is 16.5. The van der Waals surface area contributed by atoms with Crippen LogP contribution in [0.3, 0.4) is 0 Å². The van der Waals surface area contributed by atoms with Crippen LogP contribution in [0.1, 0.15) is 37.4 Å². The van der Waals surface area contributed by atoms with E-state index in [0.29, 0.717) is 29.4 Å². The molecule has 0 heterocycles. The van der Waals surface area contributed by atoms with Gasteiger partial charge in [-0.25, -0.2) is 0 Å². The Morgan fingerprint density at radius 1 is 0.769 bits per heavy atom. The van der Waals surface area contributed by atoms with Gasteiger partial charge in [0.25, 0.3) is 0 Å². The molecule has 1 aliphatic carbocycles. The predicted octanol–water partition coefficient (Wildman–Crippen LogP) is 2.55. The van der Waals surface area contributed by atoms with Crippen molar-refractivity contribution in [3.05, 3.63) is 52.1 Å². The number of ketones is 2. The van der Waals surface area contributed by atoms with Crippen LogP contribution < -0.4 is 14.2 Å². The lowest BCUT2D eigenvalue weighted by Gasteiger charge is -2.23. The maximum Gasteiger partial charge on any atom is 0.201 e. The number of hydrogen-bond acceptors (Lipinski definition) is 6. The topological polar surface area (TPSA) is 65.1 Å². The lowest BCUT2D eigenvalue weighted by atomic mass is 9.82. The summed E-state index contributed by atoms with van der Waals surface area (Å²) in [4.78, 5) is 28.3. The van der Waals surface area contributed by atoms with Gasteiger partial charge in [0.05, 0.1) is 32.5 Å². The van der Waals surface area contributed by atoms with E-state index in [1.165, 1.54) is 21.3 Å². The van der Waals surface area contributed by atoms with E-state index < -0.39 is 0 Å². The van der Waals surface area contributed by atoms with Gasteiger partial charge in [-0.3, -0.25) is 9.59 Å². The van der Waals surface area contributed by atoms with Crippen LogP contribution in [0.5, 0.6) is 17.2 Å². The van der Waals surface area contributed by atoms with Crippen molar-refractivity contribution in [3.8, 4) is 17.2 Å². The Labute approximate surface area is 152 Å². The minimum absolute atomic E-state index is 0.240. The van der Waals surface area contributed by atoms with Crippen LogP contribution in [0, 0.1) is 0 Å². The summed E-state index contributed by atoms with van der Waals surface area (Å²) in [5, 5.41) is 0. The lowest BCUT2D eigenvalue weighted by molar-refractivity contribution is 0.0973. The zero-order chi connectivity index (χ0) is 19.0. The predicted molar refractivity (Wildman–Crippen MR) is 96.8 cm³/mol. The first-order chi connectivity index (χ1) is 12.4. The zero-order valence-corrected chi connectivity index (χ0v) is 15.5. The standard InChI is InChI=1S/C20H21NO5/c1-21(2)10-11-6-13-17(15(7-11)25-4)20(23)18-14(19(13)22)8-12(24-3)9-16(18)26-5/h6-9H,10H2,1-5H3. The molecule has 1 aliphatic rings. The molecule has 0 fully saturated rings. The summed E-state index contributed by atoms with van der Waals surface area (Å²) in [6, 6.07) is 6.73. The molecule has 0 atom stereocenters. The van der Waals surface area contributed by atoms with E-state index in [-0.39, 0.29) is 28.3 Å². The zero-order valence-electron chi connectivity index (χ0n) is 15.5. The molecule has 3 rings (SSSR count). The summed E-state index contributed by atoms with van der Waals surface area (Å²) >= 11 is 0. The second-order valence-corrected chi connectivity index (χ2v) is 6.37. The molecule has 0 bridgehead atoms. The molecule has 0 N–H and O–H groups in total. The number of nitrogens with zero attached hydrogens (tertiary/aromatic N) is 1. The van der Waals surface area contributed by atoms with Crippen molar-refractivity contribution in [2.45, 2.75) is 6.54 Å². The summed E-state index contributed by atoms with van der Waals surface area (Å²) in [5.41, 5.74) is 2.03. The van der Waals surface area contributed by atoms with E-state index in [9.17, 15) is 9.59 Å². The van der Waals surface area contributed by atoms with E-state index in [1.807, 2.05) is 19.0 Å². The lowest BCUT2D eigenvalue weighted by Crippen LogP contribution is -2.23. The van der Waals surface area contributed by atoms with Crippen LogP contribution in [0.25, 0.3) is 0 Å². The SMILES string of the molecule is COc1cc(OC)c2c(c1)C(=O)c1cc(CN(C)C)cc(OC)c1C2=O. The van der Waals surface area contributed by atoms with E-state index in [2.05, 4.69) is 0 Å². The normalized spacial score (nSPS) is 12.7. The maximum atomic E-state index is 13.2. The molecule has 0 aliphatic heterocycles. The van der Waals surface area contributed by atoms with Gasteiger partial charge in [-0.15, -0.1) is 0 Å². The smallest absolute Gasteiger partial charge is 0.201 e. The Morgan fingerprint density at radius 3 is 1.88 bits per heavy atom. The van der Waals surface area contributed by atoms with Crippen molar-refractivity contribution in [1.29, 1.82) is 0 Å². The summed E-state index contributed by atoms with van der Waals surface area (Å²) in [6.07, 6.45) is 0. The second kappa shape index (κ2) is 6.80. The fourth-order valence-electron chi connectivity index (χ4n) is 3.26. The van der Waals surface area contributed by atoms with Gasteiger partial charge in [0.2, 0.25) is 5.78 Å². The van der Waals surface area contributed by atoms with Crippen molar-refractivity contribution in [2.75, 3.05) is 35.4 Å². The highest BCUT2D eigenvalue weighted by molar-refractivity contribution is 6.30. The summed E-state index contributed by atoms with van der Waals surface area (Å²) in [6.45, 7) is 0.624. The first-order valence-electron chi connectivity index (χ1n) is 8.12. The number of hydrogen-bond donors (Lipinski definition) is 0. The third kappa shape index (κ3) is 2.82. The van der Waals surface area contributed by atoms with E-state index in [1.54, 1.807) is 24.3 Å². The van der Waals surface area contributed by atoms with Crippen molar-refractivity contribution < 1.29 is 23.8 Å². The Kier molecular flexibility index (Phi) is 4.70. The monoisotopic (exact) mass is 355 g/mol. The molecule has 0 unspecified atom stereocenters. The van der Waals surface area contributed by atoms with Gasteiger partial charge < -0.3 is 19.1 Å². The average Bonchev–Trinajstić information content (AvgIpc) is 2.63. The molecule has 0 saturated carbocycles. The van der Waals surface area contributed by atoms with Gasteiger partial charge >= 0.3 is 0 Å². The number of rotatable bonds is 5. The average molecular weight is 355 g/mol. The highest BCUT2D eigenvalue weighted by Crippen LogP contribution is 2.40. The number of carbonyl (C=O) groups is 2. The molecule has 2 aromatic rings. The summed E-state index contributed by atoms with van der Waals surface area (Å²) < 4.78 is 16.0. The molecule has 136 valence electrons. The van der Waals surface area contributed by atoms with Gasteiger partial charge in [0.1, 0.15) is 17.2 Å². The number of ether oxygens (including phenoxy) is 3. The summed E-state index contributed by atoms with van der Waals surface area (Å²) in [5.74, 6) is 0.624. The van der Waals surface area contributed by atoms with Crippen molar-refractivity contribution in [3.63, 3.8) is 0 Å². The third-order valence-electron chi connectivity index (χ3n) is 4.36. The number of fused-ring (bicyclic) bond motifs is 2. The molecule has 6 nitrogen and oxygen atoms in total. The largest absolute Gasteiger partial charge is 0.497 e. The first kappa shape index (κ1) is 17.9. The molecule has 26 heavy (non-hydrogen) atoms. The Hall–Kier alpha value is -2.86. The fraction of sp³-hybridized carbons (Fsp3) is 0.300. The number of carbonyl (C=O) groups excluding carboxylic acids is 2. The van der Waals surface area contributed by atoms with Gasteiger partial charge in [-0.2, -0.15) is 0 Å². The van der Waals surface area contributed by atoms with Crippen LogP contribution in [-0.4, -0.2) is 51.9 Å². The second-order valence-electron chi connectivity index (χ2n) is 6.37. The van der Waals surface area contributed by atoms with Gasteiger partial charge in [0, 0.05) is 23.7 Å². The molecular formula is C20H21NO5. The van der Waals surface area contributed by atoms with Crippen molar-refractivity contribution in [2.24, 2.45) is 0 Å². The first-order valence-corrected chi connectivity index (χ1v) is 8.12. The number of methoxy groups -OCH3 is 3. The third-order valence-corrected chi connectivity index (χ3v) is 4.36. The van der Waals surface area contributed by atoms with Crippen LogP contribution in [0.4, 0.5) is 0 Å². The minimum atomic E-state index is -0.289. The Bertz CT molecular complexity index is 902. The van der Waals surface area contributed by atoms with E-state index in [4.69, 9.17) is 14.2 Å². The van der Waals surface area contributed by atoms with Crippen molar-refractivity contribution in [1.82, 2.24) is 4.90 Å². The molecule has 6 heteroatoms. The Balaban J connectivity index is 2.27. The summed E-state index contributed by atoms with van der Waals surface area (Å²) in [7, 11) is 8.32. The molecule has 0 aromatic heterocycles. The molecule has 0 spiro atoms. The van der Waals surface area contributed by atoms with Crippen LogP contribution in [0.15, 0.2) is 24.3 Å². The highest BCUT2D eigenvalue weighted by Gasteiger charge is 2.36. The molecular weight excluding hydrogens is 334 g/mol. The molecule has 0 saturated heterocycles. The quantitative estimate of drug-likeness (QED) is 0.701. The molecule has 0 amide bonds. The van der Waals surface area contributed by atoms with E-state index in [0.717, 1.165) is 5.56 Å². The van der Waals surface area contributed by atoms with Crippen LogP contribution >= 0.6 is 0 Å². The van der Waals surface area contributed by atoms with Gasteiger partial charge in [-0.05, 0) is 37.9 Å². The molecule has 0 radical (unpaired) electrons. The Morgan fingerprint density at radius 2 is 1.35 bits per heavy atom. The minimum Gasteiger partial charge on any atom is -0.497 e. The molecule has 2 aromatic carbocycles. The van der Waals surface area contributed by atoms with Gasteiger partial charge in [-0.1, -0.05) is 0 Å². The van der Waals surface area contributed by atoms with Crippen LogP contribution in [-0.2, 0) is 6.54 Å². The number of benzene rings is 2. The van der Waals surface area contributed by atoms with Crippen molar-refractivity contribution >= 4 is 11.6 Å².